The number of nitrogens with two attached hydrogens (primary N) is 1. The van der Waals surface area contributed by atoms with Crippen LogP contribution in [0.4, 0.5) is 11.4 Å². The van der Waals surface area contributed by atoms with E-state index >= 15 is 0 Å². The molecule has 0 spiro atoms. The Bertz CT molecular complexity index is 337. The standard InChI is InChI=1S/C10H13BrN2O/c1-14-8-5-13(6-8)10-3-2-7(11)4-9(10)12/h2-4,8H,5-6,12H2,1H3. The van der Waals surface area contributed by atoms with Crippen LogP contribution in [0.5, 0.6) is 0 Å². The summed E-state index contributed by atoms with van der Waals surface area (Å²) in [6, 6.07) is 5.96. The van der Waals surface area contributed by atoms with Gasteiger partial charge in [0.25, 0.3) is 0 Å². The van der Waals surface area contributed by atoms with Gasteiger partial charge in [0.15, 0.2) is 0 Å². The van der Waals surface area contributed by atoms with Crippen LogP contribution in [-0.2, 0) is 4.74 Å². The van der Waals surface area contributed by atoms with Crippen LogP contribution in [0.3, 0.4) is 0 Å². The molecule has 1 aliphatic heterocycles. The van der Waals surface area contributed by atoms with Crippen molar-refractivity contribution in [1.29, 1.82) is 0 Å². The molecule has 0 aromatic heterocycles. The molecule has 3 nitrogen and oxygen atoms in total. The Kier molecular flexibility index (Phi) is 2.65. The van der Waals surface area contributed by atoms with Crippen molar-refractivity contribution in [3.05, 3.63) is 22.7 Å². The third-order valence-electron chi connectivity index (χ3n) is 2.51. The largest absolute Gasteiger partial charge is 0.397 e. The number of hydrogen-bond donors (Lipinski definition) is 1. The van der Waals surface area contributed by atoms with Crippen LogP contribution in [0.25, 0.3) is 0 Å². The van der Waals surface area contributed by atoms with E-state index in [9.17, 15) is 0 Å². The highest BCUT2D eigenvalue weighted by molar-refractivity contribution is 9.10. The predicted molar refractivity (Wildman–Crippen MR) is 61.6 cm³/mol. The quantitative estimate of drug-likeness (QED) is 0.822. The van der Waals surface area contributed by atoms with E-state index in [1.165, 1.54) is 0 Å². The summed E-state index contributed by atoms with van der Waals surface area (Å²) in [5, 5.41) is 0. The molecule has 1 aromatic carbocycles. The minimum atomic E-state index is 0.359. The molecule has 0 radical (unpaired) electrons. The lowest BCUT2D eigenvalue weighted by atomic mass is 10.1. The fourth-order valence-corrected chi connectivity index (χ4v) is 1.98. The van der Waals surface area contributed by atoms with Crippen LogP contribution in [0, 0.1) is 0 Å². The molecule has 1 fully saturated rings. The van der Waals surface area contributed by atoms with Gasteiger partial charge in [-0.3, -0.25) is 0 Å². The number of nitrogens with zero attached hydrogens (tertiary/aromatic N) is 1. The summed E-state index contributed by atoms with van der Waals surface area (Å²) >= 11 is 3.39. The molecular formula is C10H13BrN2O. The van der Waals surface area contributed by atoms with Gasteiger partial charge in [-0.2, -0.15) is 0 Å². The van der Waals surface area contributed by atoms with Gasteiger partial charge >= 0.3 is 0 Å². The lowest BCUT2D eigenvalue weighted by Crippen LogP contribution is -2.52. The summed E-state index contributed by atoms with van der Waals surface area (Å²) < 4.78 is 6.23. The second kappa shape index (κ2) is 3.79. The first kappa shape index (κ1) is 9.80. The van der Waals surface area contributed by atoms with E-state index in [1.54, 1.807) is 7.11 Å². The Morgan fingerprint density at radius 2 is 2.21 bits per heavy atom. The van der Waals surface area contributed by atoms with Gasteiger partial charge in [-0.1, -0.05) is 15.9 Å². The SMILES string of the molecule is COC1CN(c2ccc(Br)cc2N)C1. The van der Waals surface area contributed by atoms with Crippen LogP contribution in [0.2, 0.25) is 0 Å². The van der Waals surface area contributed by atoms with E-state index in [4.69, 9.17) is 10.5 Å². The molecule has 14 heavy (non-hydrogen) atoms. The Labute approximate surface area is 92.0 Å². The number of anilines is 2. The number of halogens is 1. The van der Waals surface area contributed by atoms with E-state index < -0.39 is 0 Å². The van der Waals surface area contributed by atoms with E-state index in [-0.39, 0.29) is 0 Å². The summed E-state index contributed by atoms with van der Waals surface area (Å²) in [7, 11) is 1.74. The smallest absolute Gasteiger partial charge is 0.0920 e. The zero-order valence-corrected chi connectivity index (χ0v) is 9.62. The average Bonchev–Trinajstić information content (AvgIpc) is 2.06. The Morgan fingerprint density at radius 3 is 2.79 bits per heavy atom. The first-order chi connectivity index (χ1) is 6.70. The van der Waals surface area contributed by atoms with E-state index in [2.05, 4.69) is 20.8 Å². The summed E-state index contributed by atoms with van der Waals surface area (Å²) in [4.78, 5) is 2.22. The van der Waals surface area contributed by atoms with Crippen molar-refractivity contribution in [3.63, 3.8) is 0 Å². The van der Waals surface area contributed by atoms with Crippen molar-refractivity contribution in [2.75, 3.05) is 30.8 Å². The van der Waals surface area contributed by atoms with Crippen molar-refractivity contribution in [2.24, 2.45) is 0 Å². The van der Waals surface area contributed by atoms with Gasteiger partial charge in [-0.15, -0.1) is 0 Å². The second-order valence-corrected chi connectivity index (χ2v) is 4.38. The molecular weight excluding hydrogens is 244 g/mol. The monoisotopic (exact) mass is 256 g/mol. The zero-order valence-electron chi connectivity index (χ0n) is 8.03. The van der Waals surface area contributed by atoms with E-state index in [0.717, 1.165) is 28.9 Å². The van der Waals surface area contributed by atoms with Gasteiger partial charge in [0.1, 0.15) is 0 Å². The third-order valence-corrected chi connectivity index (χ3v) is 3.00. The number of ether oxygens (including phenoxy) is 1. The van der Waals surface area contributed by atoms with E-state index in [1.807, 2.05) is 18.2 Å². The van der Waals surface area contributed by atoms with Crippen molar-refractivity contribution < 1.29 is 4.74 Å². The van der Waals surface area contributed by atoms with Gasteiger partial charge in [-0.25, -0.2) is 0 Å². The highest BCUT2D eigenvalue weighted by Crippen LogP contribution is 2.30. The normalized spacial score (nSPS) is 16.9. The Balaban J connectivity index is 2.11. The molecule has 0 saturated carbocycles. The fraction of sp³-hybridized carbons (Fsp3) is 0.400. The first-order valence-corrected chi connectivity index (χ1v) is 5.33. The number of methoxy groups -OCH3 is 1. The molecule has 2 rings (SSSR count). The van der Waals surface area contributed by atoms with Crippen molar-refractivity contribution in [3.8, 4) is 0 Å². The minimum absolute atomic E-state index is 0.359. The van der Waals surface area contributed by atoms with Gasteiger partial charge in [0.05, 0.1) is 17.5 Å². The summed E-state index contributed by atoms with van der Waals surface area (Å²) in [5.41, 5.74) is 7.82. The lowest BCUT2D eigenvalue weighted by Gasteiger charge is -2.40. The Hall–Kier alpha value is -0.740. The first-order valence-electron chi connectivity index (χ1n) is 4.53. The summed E-state index contributed by atoms with van der Waals surface area (Å²) in [6.45, 7) is 1.87. The van der Waals surface area contributed by atoms with Crippen LogP contribution in [0.15, 0.2) is 22.7 Å². The molecule has 76 valence electrons. The molecule has 1 aliphatic rings. The predicted octanol–water partition coefficient (Wildman–Crippen LogP) is 1.87. The van der Waals surface area contributed by atoms with Crippen molar-refractivity contribution >= 4 is 27.3 Å². The molecule has 4 heteroatoms. The summed E-state index contributed by atoms with van der Waals surface area (Å²) in [5.74, 6) is 0. The molecule has 0 bridgehead atoms. The Morgan fingerprint density at radius 1 is 1.50 bits per heavy atom. The minimum Gasteiger partial charge on any atom is -0.397 e. The van der Waals surface area contributed by atoms with Gasteiger partial charge < -0.3 is 15.4 Å². The van der Waals surface area contributed by atoms with Gasteiger partial charge in [0.2, 0.25) is 0 Å². The van der Waals surface area contributed by atoms with Crippen LogP contribution in [0.1, 0.15) is 0 Å². The number of nitrogen functional groups attached to an aromatic ring is 1. The van der Waals surface area contributed by atoms with Crippen LogP contribution in [-0.4, -0.2) is 26.3 Å². The van der Waals surface area contributed by atoms with Crippen LogP contribution < -0.4 is 10.6 Å². The second-order valence-electron chi connectivity index (χ2n) is 3.47. The molecule has 1 saturated heterocycles. The molecule has 0 amide bonds. The average molecular weight is 257 g/mol. The number of hydrogen-bond acceptors (Lipinski definition) is 3. The summed E-state index contributed by atoms with van der Waals surface area (Å²) in [6.07, 6.45) is 0.359. The molecule has 0 aliphatic carbocycles. The highest BCUT2D eigenvalue weighted by Gasteiger charge is 2.27. The van der Waals surface area contributed by atoms with Crippen LogP contribution >= 0.6 is 15.9 Å². The number of benzene rings is 1. The van der Waals surface area contributed by atoms with Gasteiger partial charge in [0, 0.05) is 24.7 Å². The maximum atomic E-state index is 5.91. The van der Waals surface area contributed by atoms with Gasteiger partial charge in [-0.05, 0) is 18.2 Å². The molecule has 0 unspecified atom stereocenters. The number of rotatable bonds is 2. The van der Waals surface area contributed by atoms with Crippen molar-refractivity contribution in [2.45, 2.75) is 6.10 Å². The molecule has 0 atom stereocenters. The van der Waals surface area contributed by atoms with E-state index in [0.29, 0.717) is 6.10 Å². The maximum absolute atomic E-state index is 5.91. The fourth-order valence-electron chi connectivity index (χ4n) is 1.60. The lowest BCUT2D eigenvalue weighted by molar-refractivity contribution is 0.0788. The zero-order chi connectivity index (χ0) is 10.1. The van der Waals surface area contributed by atoms with Crippen molar-refractivity contribution in [1.82, 2.24) is 0 Å². The maximum Gasteiger partial charge on any atom is 0.0920 e. The molecule has 1 heterocycles. The molecule has 1 aromatic rings. The topological polar surface area (TPSA) is 38.5 Å². The molecule has 2 N–H and O–H groups in total. The highest BCUT2D eigenvalue weighted by atomic mass is 79.9. The third kappa shape index (κ3) is 1.72.